The van der Waals surface area contributed by atoms with Crippen molar-refractivity contribution in [2.45, 2.75) is 39.5 Å². The van der Waals surface area contributed by atoms with Crippen LogP contribution >= 0.6 is 11.3 Å². The van der Waals surface area contributed by atoms with Gasteiger partial charge in [-0.3, -0.25) is 4.79 Å². The van der Waals surface area contributed by atoms with E-state index in [-0.39, 0.29) is 11.3 Å². The molecule has 3 aromatic carbocycles. The van der Waals surface area contributed by atoms with Crippen LogP contribution in [0.15, 0.2) is 77.7 Å². The molecule has 0 fully saturated rings. The molecule has 48 heavy (non-hydrogen) atoms. The molecule has 0 atom stereocenters. The molecule has 0 radical (unpaired) electrons. The van der Waals surface area contributed by atoms with E-state index in [0.29, 0.717) is 56.9 Å². The van der Waals surface area contributed by atoms with E-state index in [9.17, 15) is 4.79 Å². The summed E-state index contributed by atoms with van der Waals surface area (Å²) in [5.41, 5.74) is 3.14. The molecule has 6 rings (SSSR count). The predicted octanol–water partition coefficient (Wildman–Crippen LogP) is 7.23. The first kappa shape index (κ1) is 32.6. The Morgan fingerprint density at radius 1 is 0.875 bits per heavy atom. The van der Waals surface area contributed by atoms with Gasteiger partial charge < -0.3 is 14.2 Å². The van der Waals surface area contributed by atoms with E-state index in [1.807, 2.05) is 60.8 Å². The summed E-state index contributed by atoms with van der Waals surface area (Å²) >= 11 is 1.22. The fourth-order valence-corrected chi connectivity index (χ4v) is 5.89. The maximum Gasteiger partial charge on any atom is 0.291 e. The normalized spacial score (nSPS) is 12.0. The third-order valence-electron chi connectivity index (χ3n) is 7.58. The Morgan fingerprint density at radius 2 is 1.62 bits per heavy atom. The van der Waals surface area contributed by atoms with E-state index in [4.69, 9.17) is 19.3 Å². The second kappa shape index (κ2) is 15.1. The molecule has 9 nitrogen and oxygen atoms in total. The summed E-state index contributed by atoms with van der Waals surface area (Å²) in [6.07, 6.45) is 11.0. The van der Waals surface area contributed by atoms with Gasteiger partial charge in [0.05, 0.1) is 30.5 Å². The summed E-state index contributed by atoms with van der Waals surface area (Å²) < 4.78 is 35.5. The molecule has 6 aromatic rings. The molecule has 0 saturated carbocycles. The lowest BCUT2D eigenvalue weighted by atomic mass is 10.1. The number of ether oxygens (including phenoxy) is 3. The molecule has 3 heterocycles. The Labute approximate surface area is 281 Å². The quantitative estimate of drug-likeness (QED) is 0.113. The third-order valence-corrected chi connectivity index (χ3v) is 8.54. The minimum absolute atomic E-state index is 0.199. The highest BCUT2D eigenvalue weighted by atomic mass is 32.1. The van der Waals surface area contributed by atoms with E-state index < -0.39 is 5.82 Å². The van der Waals surface area contributed by atoms with Gasteiger partial charge in [0.15, 0.2) is 28.9 Å². The summed E-state index contributed by atoms with van der Waals surface area (Å²) in [5.74, 6) is 1.47. The zero-order valence-corrected chi connectivity index (χ0v) is 27.9. The summed E-state index contributed by atoms with van der Waals surface area (Å²) in [5, 5.41) is 9.23. The minimum atomic E-state index is -0.470. The van der Waals surface area contributed by atoms with Crippen molar-refractivity contribution < 1.29 is 18.6 Å². The van der Waals surface area contributed by atoms with E-state index in [2.05, 4.69) is 23.9 Å². The largest absolute Gasteiger partial charge is 0.493 e. The number of nitrogens with zero attached hydrogens (tertiary/aromatic N) is 5. The number of unbranched alkanes of at least 4 members (excludes halogenated alkanes) is 2. The first-order valence-electron chi connectivity index (χ1n) is 16.0. The lowest BCUT2D eigenvalue weighted by Crippen LogP contribution is -2.23. The number of rotatable bonds is 14. The SMILES string of the molecule is CCCCOc1ccc(-c2nn(-c3ccccc3)cc2/C=c2\sc3nc(/C=C/c4ccc(OCCCC)c(OC)c4)nn3c2=O)cc1F. The molecule has 0 N–H and O–H groups in total. The number of para-hydroxylation sites is 1. The zero-order chi connectivity index (χ0) is 33.5. The van der Waals surface area contributed by atoms with Crippen LogP contribution in [0, 0.1) is 5.82 Å². The smallest absolute Gasteiger partial charge is 0.291 e. The zero-order valence-electron chi connectivity index (χ0n) is 27.1. The summed E-state index contributed by atoms with van der Waals surface area (Å²) in [7, 11) is 1.61. The number of aromatic nitrogens is 5. The second-order valence-electron chi connectivity index (χ2n) is 11.1. The van der Waals surface area contributed by atoms with Crippen molar-refractivity contribution in [1.29, 1.82) is 0 Å². The van der Waals surface area contributed by atoms with Crippen molar-refractivity contribution >= 4 is 34.5 Å². The second-order valence-corrected chi connectivity index (χ2v) is 12.1. The highest BCUT2D eigenvalue weighted by molar-refractivity contribution is 7.15. The highest BCUT2D eigenvalue weighted by Crippen LogP contribution is 2.30. The van der Waals surface area contributed by atoms with Gasteiger partial charge >= 0.3 is 0 Å². The lowest BCUT2D eigenvalue weighted by Gasteiger charge is -2.10. The van der Waals surface area contributed by atoms with Crippen molar-refractivity contribution in [3.8, 4) is 34.2 Å². The van der Waals surface area contributed by atoms with E-state index in [1.165, 1.54) is 21.9 Å². The van der Waals surface area contributed by atoms with Crippen LogP contribution in [0.5, 0.6) is 17.2 Å². The first-order valence-corrected chi connectivity index (χ1v) is 16.8. The summed E-state index contributed by atoms with van der Waals surface area (Å²) in [4.78, 5) is 18.5. The molecule has 0 saturated heterocycles. The molecule has 0 spiro atoms. The van der Waals surface area contributed by atoms with Gasteiger partial charge in [-0.15, -0.1) is 5.10 Å². The van der Waals surface area contributed by atoms with E-state index in [0.717, 1.165) is 36.9 Å². The monoisotopic (exact) mass is 665 g/mol. The van der Waals surface area contributed by atoms with Crippen LogP contribution in [0.1, 0.15) is 56.5 Å². The van der Waals surface area contributed by atoms with Crippen LogP contribution in [-0.4, -0.2) is 44.7 Å². The van der Waals surface area contributed by atoms with Crippen molar-refractivity contribution in [3.63, 3.8) is 0 Å². The van der Waals surface area contributed by atoms with Gasteiger partial charge in [-0.2, -0.15) is 14.6 Å². The molecule has 3 aromatic heterocycles. The van der Waals surface area contributed by atoms with Gasteiger partial charge in [-0.05, 0) is 73.0 Å². The van der Waals surface area contributed by atoms with E-state index in [1.54, 1.807) is 36.1 Å². The average Bonchev–Trinajstić information content (AvgIpc) is 3.79. The molecule has 11 heteroatoms. The fourth-order valence-electron chi connectivity index (χ4n) is 4.99. The number of hydrogen-bond acceptors (Lipinski definition) is 8. The Balaban J connectivity index is 1.30. The molecule has 246 valence electrons. The van der Waals surface area contributed by atoms with Crippen molar-refractivity contribution in [2.24, 2.45) is 0 Å². The van der Waals surface area contributed by atoms with E-state index >= 15 is 4.39 Å². The van der Waals surface area contributed by atoms with Crippen LogP contribution < -0.4 is 24.3 Å². The molecule has 0 aliphatic rings. The maximum absolute atomic E-state index is 15.1. The number of methoxy groups -OCH3 is 1. The van der Waals surface area contributed by atoms with Crippen LogP contribution in [0.3, 0.4) is 0 Å². The molecular formula is C37H36FN5O4S. The molecule has 0 unspecified atom stereocenters. The molecule has 0 amide bonds. The van der Waals surface area contributed by atoms with Gasteiger partial charge in [0.1, 0.15) is 5.69 Å². The summed E-state index contributed by atoms with van der Waals surface area (Å²) in [6.45, 7) is 5.25. The van der Waals surface area contributed by atoms with Crippen LogP contribution in [0.25, 0.3) is 40.1 Å². The number of benzene rings is 3. The maximum atomic E-state index is 15.1. The van der Waals surface area contributed by atoms with Crippen LogP contribution in [-0.2, 0) is 0 Å². The van der Waals surface area contributed by atoms with Crippen molar-refractivity contribution in [2.75, 3.05) is 20.3 Å². The van der Waals surface area contributed by atoms with Gasteiger partial charge in [0.25, 0.3) is 5.56 Å². The average molecular weight is 666 g/mol. The van der Waals surface area contributed by atoms with Crippen LogP contribution in [0.4, 0.5) is 4.39 Å². The topological polar surface area (TPSA) is 92.8 Å². The third kappa shape index (κ3) is 7.31. The van der Waals surface area contributed by atoms with Crippen molar-refractivity contribution in [3.05, 3.63) is 111 Å². The fraction of sp³-hybridized carbons (Fsp3) is 0.243. The standard InChI is InChI=1S/C37H36FN5O4S/c1-4-6-19-46-30-17-15-26(22-29(30)38)35-27(24-42(41-35)28-11-9-8-10-12-28)23-33-36(44)43-37(48-33)39-34(40-43)18-14-25-13-16-31(32(21-25)45-3)47-20-7-5-2/h8-18,21-24H,4-7,19-20H2,1-3H3/b18-14+,33-23-. The lowest BCUT2D eigenvalue weighted by molar-refractivity contribution is 0.288. The Kier molecular flexibility index (Phi) is 10.3. The number of hydrogen-bond donors (Lipinski definition) is 0. The first-order chi connectivity index (χ1) is 23.5. The molecule has 0 aliphatic heterocycles. The van der Waals surface area contributed by atoms with Crippen molar-refractivity contribution in [1.82, 2.24) is 24.4 Å². The number of fused-ring (bicyclic) bond motifs is 1. The molecular weight excluding hydrogens is 630 g/mol. The van der Waals surface area contributed by atoms with Gasteiger partial charge in [-0.25, -0.2) is 9.07 Å². The van der Waals surface area contributed by atoms with Gasteiger partial charge in [0, 0.05) is 17.3 Å². The Hall–Kier alpha value is -5.29. The van der Waals surface area contributed by atoms with Crippen LogP contribution in [0.2, 0.25) is 0 Å². The number of thiazole rings is 1. The summed E-state index contributed by atoms with van der Waals surface area (Å²) in [6, 6.07) is 20.1. The highest BCUT2D eigenvalue weighted by Gasteiger charge is 2.16. The molecule has 0 bridgehead atoms. The molecule has 0 aliphatic carbocycles. The van der Waals surface area contributed by atoms with Gasteiger partial charge in [0.2, 0.25) is 4.96 Å². The Morgan fingerprint density at radius 3 is 2.33 bits per heavy atom. The predicted molar refractivity (Wildman–Crippen MR) is 188 cm³/mol. The van der Waals surface area contributed by atoms with Gasteiger partial charge in [-0.1, -0.05) is 68.4 Å². The Bertz CT molecular complexity index is 2160. The minimum Gasteiger partial charge on any atom is -0.493 e. The number of halogens is 1.